The molecule has 0 bridgehead atoms. The standard InChI is InChI=1S/C21H22N4O/c1-16-8-10-17(11-9-16)14-21(26)22-19-12-13-20(24-23-19)25(2)15-18-6-4-3-5-7-18/h3-13H,14-15H2,1-2H3,(H,22,23,26). The lowest BCUT2D eigenvalue weighted by molar-refractivity contribution is -0.115. The smallest absolute Gasteiger partial charge is 0.229 e. The molecule has 26 heavy (non-hydrogen) atoms. The number of anilines is 2. The summed E-state index contributed by atoms with van der Waals surface area (Å²) < 4.78 is 0. The van der Waals surface area contributed by atoms with Gasteiger partial charge in [-0.1, -0.05) is 60.2 Å². The second-order valence-corrected chi connectivity index (χ2v) is 6.33. The highest BCUT2D eigenvalue weighted by molar-refractivity contribution is 5.91. The first-order chi connectivity index (χ1) is 12.6. The molecular weight excluding hydrogens is 324 g/mol. The third-order valence-electron chi connectivity index (χ3n) is 4.06. The fraction of sp³-hybridized carbons (Fsp3) is 0.190. The first-order valence-corrected chi connectivity index (χ1v) is 8.54. The summed E-state index contributed by atoms with van der Waals surface area (Å²) in [7, 11) is 1.96. The van der Waals surface area contributed by atoms with Crippen LogP contribution in [-0.2, 0) is 17.8 Å². The minimum absolute atomic E-state index is 0.103. The van der Waals surface area contributed by atoms with Crippen LogP contribution in [0.15, 0.2) is 66.7 Å². The summed E-state index contributed by atoms with van der Waals surface area (Å²) >= 11 is 0. The van der Waals surface area contributed by atoms with Gasteiger partial charge < -0.3 is 10.2 Å². The Kier molecular flexibility index (Phi) is 5.59. The van der Waals surface area contributed by atoms with Crippen molar-refractivity contribution < 1.29 is 4.79 Å². The van der Waals surface area contributed by atoms with Crippen LogP contribution in [0.5, 0.6) is 0 Å². The normalized spacial score (nSPS) is 10.4. The summed E-state index contributed by atoms with van der Waals surface area (Å²) in [6.45, 7) is 2.77. The summed E-state index contributed by atoms with van der Waals surface area (Å²) in [4.78, 5) is 14.2. The molecule has 5 heteroatoms. The number of carbonyl (C=O) groups excluding carboxylic acids is 1. The maximum atomic E-state index is 12.1. The number of benzene rings is 2. The maximum Gasteiger partial charge on any atom is 0.229 e. The number of nitrogens with one attached hydrogen (secondary N) is 1. The number of rotatable bonds is 6. The molecule has 0 fully saturated rings. The van der Waals surface area contributed by atoms with Crippen molar-refractivity contribution in [2.24, 2.45) is 0 Å². The van der Waals surface area contributed by atoms with E-state index in [1.807, 2.05) is 67.4 Å². The SMILES string of the molecule is Cc1ccc(CC(=O)Nc2ccc(N(C)Cc3ccccc3)nn2)cc1. The molecule has 3 aromatic rings. The van der Waals surface area contributed by atoms with Gasteiger partial charge >= 0.3 is 0 Å². The predicted molar refractivity (Wildman–Crippen MR) is 104 cm³/mol. The first kappa shape index (κ1) is 17.6. The van der Waals surface area contributed by atoms with E-state index in [1.165, 1.54) is 11.1 Å². The average Bonchev–Trinajstić information content (AvgIpc) is 2.65. The summed E-state index contributed by atoms with van der Waals surface area (Å²) in [5.74, 6) is 1.11. The highest BCUT2D eigenvalue weighted by atomic mass is 16.1. The van der Waals surface area contributed by atoms with Crippen molar-refractivity contribution >= 4 is 17.5 Å². The molecule has 0 aliphatic carbocycles. The van der Waals surface area contributed by atoms with E-state index in [0.717, 1.165) is 17.9 Å². The highest BCUT2D eigenvalue weighted by Gasteiger charge is 2.08. The van der Waals surface area contributed by atoms with E-state index in [0.29, 0.717) is 12.2 Å². The Hall–Kier alpha value is -3.21. The van der Waals surface area contributed by atoms with Crippen molar-refractivity contribution in [1.82, 2.24) is 10.2 Å². The van der Waals surface area contributed by atoms with E-state index in [4.69, 9.17) is 0 Å². The molecule has 0 aliphatic heterocycles. The first-order valence-electron chi connectivity index (χ1n) is 8.54. The Bertz CT molecular complexity index is 845. The average molecular weight is 346 g/mol. The molecule has 0 saturated carbocycles. The molecule has 0 aliphatic rings. The number of hydrogen-bond acceptors (Lipinski definition) is 4. The second kappa shape index (κ2) is 8.25. The van der Waals surface area contributed by atoms with Gasteiger partial charge in [0.05, 0.1) is 6.42 Å². The quantitative estimate of drug-likeness (QED) is 0.741. The summed E-state index contributed by atoms with van der Waals surface area (Å²) in [5.41, 5.74) is 3.35. The van der Waals surface area contributed by atoms with Crippen LogP contribution in [0.4, 0.5) is 11.6 Å². The Morgan fingerprint density at radius 1 is 0.923 bits per heavy atom. The Morgan fingerprint density at radius 2 is 1.65 bits per heavy atom. The lowest BCUT2D eigenvalue weighted by Crippen LogP contribution is -2.19. The third kappa shape index (κ3) is 4.89. The number of amides is 1. The molecule has 0 atom stereocenters. The molecule has 132 valence electrons. The zero-order valence-electron chi connectivity index (χ0n) is 15.0. The van der Waals surface area contributed by atoms with Crippen LogP contribution in [0.1, 0.15) is 16.7 Å². The molecule has 0 unspecified atom stereocenters. The molecule has 0 spiro atoms. The lowest BCUT2D eigenvalue weighted by Gasteiger charge is -2.17. The van der Waals surface area contributed by atoms with Gasteiger partial charge in [0, 0.05) is 13.6 Å². The van der Waals surface area contributed by atoms with E-state index in [2.05, 4.69) is 27.6 Å². The number of carbonyl (C=O) groups is 1. The number of nitrogens with zero attached hydrogens (tertiary/aromatic N) is 3. The van der Waals surface area contributed by atoms with Crippen molar-refractivity contribution in [3.05, 3.63) is 83.4 Å². The van der Waals surface area contributed by atoms with Crippen LogP contribution >= 0.6 is 0 Å². The molecular formula is C21H22N4O. The number of hydrogen-bond donors (Lipinski definition) is 1. The molecule has 1 amide bonds. The molecule has 3 rings (SSSR count). The molecule has 1 N–H and O–H groups in total. The van der Waals surface area contributed by atoms with Crippen LogP contribution < -0.4 is 10.2 Å². The number of aromatic nitrogens is 2. The fourth-order valence-electron chi connectivity index (χ4n) is 2.61. The Morgan fingerprint density at radius 3 is 2.31 bits per heavy atom. The molecule has 2 aromatic carbocycles. The van der Waals surface area contributed by atoms with Crippen molar-refractivity contribution in [3.63, 3.8) is 0 Å². The highest BCUT2D eigenvalue weighted by Crippen LogP contribution is 2.14. The zero-order valence-corrected chi connectivity index (χ0v) is 15.0. The predicted octanol–water partition coefficient (Wildman–Crippen LogP) is 3.60. The van der Waals surface area contributed by atoms with Gasteiger partial charge in [0.1, 0.15) is 0 Å². The van der Waals surface area contributed by atoms with E-state index in [9.17, 15) is 4.79 Å². The van der Waals surface area contributed by atoms with Crippen molar-refractivity contribution in [2.75, 3.05) is 17.3 Å². The van der Waals surface area contributed by atoms with Gasteiger partial charge in [-0.05, 0) is 30.2 Å². The minimum Gasteiger partial charge on any atom is -0.354 e. The van der Waals surface area contributed by atoms with E-state index >= 15 is 0 Å². The van der Waals surface area contributed by atoms with E-state index in [-0.39, 0.29) is 5.91 Å². The van der Waals surface area contributed by atoms with Gasteiger partial charge in [0.25, 0.3) is 0 Å². The Labute approximate surface area is 153 Å². The van der Waals surface area contributed by atoms with Crippen LogP contribution in [0.25, 0.3) is 0 Å². The van der Waals surface area contributed by atoms with Gasteiger partial charge in [0.2, 0.25) is 5.91 Å². The summed E-state index contributed by atoms with van der Waals surface area (Å²) in [6, 6.07) is 21.7. The minimum atomic E-state index is -0.103. The second-order valence-electron chi connectivity index (χ2n) is 6.33. The summed E-state index contributed by atoms with van der Waals surface area (Å²) in [6.07, 6.45) is 0.317. The Balaban J connectivity index is 1.56. The monoisotopic (exact) mass is 346 g/mol. The topological polar surface area (TPSA) is 58.1 Å². The van der Waals surface area contributed by atoms with Gasteiger partial charge in [-0.3, -0.25) is 4.79 Å². The van der Waals surface area contributed by atoms with E-state index < -0.39 is 0 Å². The molecule has 0 saturated heterocycles. The van der Waals surface area contributed by atoms with Crippen LogP contribution in [-0.4, -0.2) is 23.2 Å². The zero-order chi connectivity index (χ0) is 18.4. The van der Waals surface area contributed by atoms with Gasteiger partial charge in [-0.15, -0.1) is 10.2 Å². The van der Waals surface area contributed by atoms with Crippen molar-refractivity contribution in [2.45, 2.75) is 19.9 Å². The molecule has 1 aromatic heterocycles. The van der Waals surface area contributed by atoms with Gasteiger partial charge in [0.15, 0.2) is 11.6 Å². The van der Waals surface area contributed by atoms with Crippen molar-refractivity contribution in [1.29, 1.82) is 0 Å². The van der Waals surface area contributed by atoms with Crippen LogP contribution in [0.3, 0.4) is 0 Å². The molecule has 0 radical (unpaired) electrons. The fourth-order valence-corrected chi connectivity index (χ4v) is 2.61. The van der Waals surface area contributed by atoms with Gasteiger partial charge in [-0.2, -0.15) is 0 Å². The van der Waals surface area contributed by atoms with E-state index in [1.54, 1.807) is 6.07 Å². The van der Waals surface area contributed by atoms with Crippen LogP contribution in [0, 0.1) is 6.92 Å². The van der Waals surface area contributed by atoms with Crippen molar-refractivity contribution in [3.8, 4) is 0 Å². The summed E-state index contributed by atoms with van der Waals surface area (Å²) in [5, 5.41) is 11.1. The molecule has 1 heterocycles. The maximum absolute atomic E-state index is 12.1. The number of aryl methyl sites for hydroxylation is 1. The lowest BCUT2D eigenvalue weighted by atomic mass is 10.1. The van der Waals surface area contributed by atoms with Crippen LogP contribution in [0.2, 0.25) is 0 Å². The third-order valence-corrected chi connectivity index (χ3v) is 4.06. The largest absolute Gasteiger partial charge is 0.354 e. The molecule has 5 nitrogen and oxygen atoms in total. The van der Waals surface area contributed by atoms with Gasteiger partial charge in [-0.25, -0.2) is 0 Å².